The number of esters is 1. The minimum atomic E-state index is -0.592. The zero-order valence-electron chi connectivity index (χ0n) is 19.3. The van der Waals surface area contributed by atoms with Crippen molar-refractivity contribution in [3.63, 3.8) is 0 Å². The van der Waals surface area contributed by atoms with Crippen LogP contribution in [0.15, 0.2) is 6.07 Å². The topological polar surface area (TPSA) is 102 Å². The highest BCUT2D eigenvalue weighted by Gasteiger charge is 2.68. The van der Waals surface area contributed by atoms with Crippen LogP contribution in [0.25, 0.3) is 0 Å². The first kappa shape index (κ1) is 21.3. The van der Waals surface area contributed by atoms with Crippen molar-refractivity contribution in [2.75, 3.05) is 0 Å². The first-order valence-corrected chi connectivity index (χ1v) is 11.5. The molecule has 32 heavy (non-hydrogen) atoms. The van der Waals surface area contributed by atoms with Crippen LogP contribution in [0.3, 0.4) is 0 Å². The van der Waals surface area contributed by atoms with Gasteiger partial charge in [-0.2, -0.15) is 0 Å². The van der Waals surface area contributed by atoms with E-state index < -0.39 is 17.4 Å². The van der Waals surface area contributed by atoms with Gasteiger partial charge in [0, 0.05) is 29.2 Å². The second-order valence-corrected chi connectivity index (χ2v) is 11.0. The number of benzene rings is 1. The van der Waals surface area contributed by atoms with Crippen LogP contribution < -0.4 is 10.1 Å². The molecule has 0 bridgehead atoms. The Balaban J connectivity index is 1.69. The lowest BCUT2D eigenvalue weighted by Crippen LogP contribution is -2.70. The average Bonchev–Trinajstić information content (AvgIpc) is 2.97. The standard InChI is InChI=1S/C25H31NO6/c1-12-6-7-17-23(3,4)18(31-13(2)27)8-9-25(17)24(12,5)11-15-16(28)10-14-19(20(15)32-25)22(30)26-21(14)29/h10,12,17-18,28H,6-9,11H2,1-5H3,(H,26,29,30)/t12-,17-,18?,24+,25-/m0/s1. The number of ether oxygens (including phenoxy) is 2. The van der Waals surface area contributed by atoms with Crippen LogP contribution in [0.5, 0.6) is 11.5 Å². The molecule has 5 rings (SSSR count). The number of hydrogen-bond donors (Lipinski definition) is 2. The van der Waals surface area contributed by atoms with Gasteiger partial charge >= 0.3 is 5.97 Å². The second-order valence-electron chi connectivity index (χ2n) is 11.0. The molecule has 7 heteroatoms. The molecule has 1 aromatic carbocycles. The van der Waals surface area contributed by atoms with Gasteiger partial charge in [-0.15, -0.1) is 0 Å². The number of aromatic hydroxyl groups is 1. The fraction of sp³-hybridized carbons (Fsp3) is 0.640. The van der Waals surface area contributed by atoms with Gasteiger partial charge in [-0.25, -0.2) is 0 Å². The Labute approximate surface area is 187 Å². The number of rotatable bonds is 1. The summed E-state index contributed by atoms with van der Waals surface area (Å²) in [4.78, 5) is 36.8. The maximum absolute atomic E-state index is 12.7. The maximum Gasteiger partial charge on any atom is 0.302 e. The van der Waals surface area contributed by atoms with Crippen molar-refractivity contribution in [2.24, 2.45) is 22.7 Å². The Bertz CT molecular complexity index is 1060. The average molecular weight is 442 g/mol. The van der Waals surface area contributed by atoms with Crippen molar-refractivity contribution in [2.45, 2.75) is 78.4 Å². The summed E-state index contributed by atoms with van der Waals surface area (Å²) in [6.07, 6.45) is 3.62. The number of phenolic OH excluding ortho intramolecular Hbond substituents is 1. The van der Waals surface area contributed by atoms with Gasteiger partial charge in [0.05, 0.1) is 11.1 Å². The highest BCUT2D eigenvalue weighted by atomic mass is 16.5. The molecule has 4 aliphatic rings. The molecule has 0 saturated heterocycles. The second kappa shape index (κ2) is 6.49. The van der Waals surface area contributed by atoms with E-state index in [2.05, 4.69) is 33.0 Å². The third-order valence-corrected chi connectivity index (χ3v) is 9.21. The number of imide groups is 1. The number of fused-ring (bicyclic) bond motifs is 3. The Hall–Kier alpha value is -2.57. The Kier molecular flexibility index (Phi) is 4.31. The SMILES string of the molecule is CC(=O)OC1CC[C@@]23Oc4c(c(O)cc5c4C(=O)NC5=O)C[C@]2(C)[C@@H](C)CC[C@H]3C1(C)C. The molecule has 2 heterocycles. The van der Waals surface area contributed by atoms with Crippen LogP contribution in [0.1, 0.15) is 86.6 Å². The summed E-state index contributed by atoms with van der Waals surface area (Å²) in [6.45, 7) is 10.2. The van der Waals surface area contributed by atoms with Gasteiger partial charge in [0.1, 0.15) is 23.2 Å². The van der Waals surface area contributed by atoms with Gasteiger partial charge in [0.25, 0.3) is 11.8 Å². The molecule has 5 atom stereocenters. The lowest BCUT2D eigenvalue weighted by Gasteiger charge is -2.67. The van der Waals surface area contributed by atoms with Gasteiger partial charge in [0.15, 0.2) is 0 Å². The molecule has 2 fully saturated rings. The third-order valence-electron chi connectivity index (χ3n) is 9.21. The largest absolute Gasteiger partial charge is 0.508 e. The Morgan fingerprint density at radius 2 is 1.91 bits per heavy atom. The number of carbonyl (C=O) groups excluding carboxylic acids is 3. The molecule has 7 nitrogen and oxygen atoms in total. The molecule has 2 saturated carbocycles. The summed E-state index contributed by atoms with van der Waals surface area (Å²) in [5, 5.41) is 13.2. The monoisotopic (exact) mass is 441 g/mol. The molecule has 172 valence electrons. The van der Waals surface area contributed by atoms with Crippen molar-refractivity contribution in [3.05, 3.63) is 22.8 Å². The summed E-state index contributed by atoms with van der Waals surface area (Å²) >= 11 is 0. The molecule has 0 aromatic heterocycles. The van der Waals surface area contributed by atoms with Crippen molar-refractivity contribution >= 4 is 17.8 Å². The number of nitrogens with one attached hydrogen (secondary N) is 1. The van der Waals surface area contributed by atoms with Crippen LogP contribution in [-0.4, -0.2) is 34.6 Å². The van der Waals surface area contributed by atoms with E-state index in [9.17, 15) is 19.5 Å². The van der Waals surface area contributed by atoms with E-state index in [4.69, 9.17) is 9.47 Å². The van der Waals surface area contributed by atoms with E-state index in [1.165, 1.54) is 13.0 Å². The summed E-state index contributed by atoms with van der Waals surface area (Å²) in [7, 11) is 0. The minimum absolute atomic E-state index is 0.00172. The van der Waals surface area contributed by atoms with E-state index in [1.54, 1.807) is 0 Å². The van der Waals surface area contributed by atoms with E-state index in [0.29, 0.717) is 36.5 Å². The van der Waals surface area contributed by atoms with Gasteiger partial charge in [0.2, 0.25) is 0 Å². The minimum Gasteiger partial charge on any atom is -0.508 e. The first-order chi connectivity index (χ1) is 14.9. The highest BCUT2D eigenvalue weighted by molar-refractivity contribution is 6.23. The normalized spacial score (nSPS) is 36.7. The predicted molar refractivity (Wildman–Crippen MR) is 116 cm³/mol. The predicted octanol–water partition coefficient (Wildman–Crippen LogP) is 3.75. The van der Waals surface area contributed by atoms with Crippen LogP contribution in [0.2, 0.25) is 0 Å². The molecule has 2 N–H and O–H groups in total. The molecule has 1 aromatic rings. The summed E-state index contributed by atoms with van der Waals surface area (Å²) in [5.41, 5.74) is -0.206. The van der Waals surface area contributed by atoms with Crippen LogP contribution in [-0.2, 0) is 16.0 Å². The van der Waals surface area contributed by atoms with Gasteiger partial charge < -0.3 is 14.6 Å². The quantitative estimate of drug-likeness (QED) is 0.508. The number of carbonyl (C=O) groups is 3. The molecular weight excluding hydrogens is 410 g/mol. The molecular formula is C25H31NO6. The molecule has 2 amide bonds. The van der Waals surface area contributed by atoms with Gasteiger partial charge in [-0.3, -0.25) is 19.7 Å². The Morgan fingerprint density at radius 1 is 1.19 bits per heavy atom. The molecule has 2 aliphatic heterocycles. The van der Waals surface area contributed by atoms with Gasteiger partial charge in [-0.1, -0.05) is 27.7 Å². The fourth-order valence-electron chi connectivity index (χ4n) is 7.29. The zero-order chi connectivity index (χ0) is 23.2. The van der Waals surface area contributed by atoms with Crippen molar-refractivity contribution in [1.29, 1.82) is 0 Å². The van der Waals surface area contributed by atoms with E-state index >= 15 is 0 Å². The zero-order valence-corrected chi connectivity index (χ0v) is 19.3. The fourth-order valence-corrected chi connectivity index (χ4v) is 7.29. The lowest BCUT2D eigenvalue weighted by atomic mass is 9.43. The number of phenols is 1. The van der Waals surface area contributed by atoms with Crippen molar-refractivity contribution < 1.29 is 29.0 Å². The summed E-state index contributed by atoms with van der Waals surface area (Å²) < 4.78 is 12.7. The highest BCUT2D eigenvalue weighted by Crippen LogP contribution is 2.67. The number of amides is 2. The molecule has 1 unspecified atom stereocenters. The summed E-state index contributed by atoms with van der Waals surface area (Å²) in [5.74, 6) is -0.501. The number of hydrogen-bond acceptors (Lipinski definition) is 6. The smallest absolute Gasteiger partial charge is 0.302 e. The van der Waals surface area contributed by atoms with Gasteiger partial charge in [-0.05, 0) is 44.1 Å². The van der Waals surface area contributed by atoms with Crippen LogP contribution >= 0.6 is 0 Å². The summed E-state index contributed by atoms with van der Waals surface area (Å²) in [6, 6.07) is 1.39. The lowest BCUT2D eigenvalue weighted by molar-refractivity contribution is -0.238. The van der Waals surface area contributed by atoms with E-state index in [-0.39, 0.29) is 45.7 Å². The van der Waals surface area contributed by atoms with Crippen LogP contribution in [0.4, 0.5) is 0 Å². The van der Waals surface area contributed by atoms with Crippen molar-refractivity contribution in [1.82, 2.24) is 5.32 Å². The Morgan fingerprint density at radius 3 is 2.59 bits per heavy atom. The maximum atomic E-state index is 12.7. The third kappa shape index (κ3) is 2.51. The van der Waals surface area contributed by atoms with E-state index in [0.717, 1.165) is 12.8 Å². The molecule has 2 aliphatic carbocycles. The van der Waals surface area contributed by atoms with E-state index in [1.807, 2.05) is 0 Å². The van der Waals surface area contributed by atoms with Crippen molar-refractivity contribution in [3.8, 4) is 11.5 Å². The molecule has 1 spiro atoms. The van der Waals surface area contributed by atoms with Crippen LogP contribution in [0, 0.1) is 22.7 Å². The first-order valence-electron chi connectivity index (χ1n) is 11.5. The molecule has 0 radical (unpaired) electrons.